The molecule has 1 unspecified atom stereocenters. The van der Waals surface area contributed by atoms with Crippen LogP contribution in [0.4, 0.5) is 0 Å². The quantitative estimate of drug-likeness (QED) is 0.427. The monoisotopic (exact) mass is 214 g/mol. The van der Waals surface area contributed by atoms with Gasteiger partial charge in [0, 0.05) is 0 Å². The molecule has 0 spiro atoms. The molecular weight excluding hydrogens is 204 g/mol. The summed E-state index contributed by atoms with van der Waals surface area (Å²) in [5, 5.41) is 23.4. The van der Waals surface area contributed by atoms with E-state index in [9.17, 15) is 9.59 Å². The Labute approximate surface area is 84.0 Å². The number of aromatic amines is 1. The van der Waals surface area contributed by atoms with Gasteiger partial charge in [-0.2, -0.15) is 5.21 Å². The number of H-pyrrole nitrogens is 1. The van der Waals surface area contributed by atoms with Crippen LogP contribution in [0.15, 0.2) is 0 Å². The lowest BCUT2D eigenvalue weighted by Gasteiger charge is -2.07. The van der Waals surface area contributed by atoms with Crippen molar-refractivity contribution >= 4 is 11.9 Å². The number of nitrogens with zero attached hydrogens (tertiary/aromatic N) is 3. The molecule has 15 heavy (non-hydrogen) atoms. The first kappa shape index (κ1) is 11.0. The normalized spacial score (nSPS) is 12.1. The highest BCUT2D eigenvalue weighted by molar-refractivity contribution is 5.85. The molecule has 0 aliphatic carbocycles. The van der Waals surface area contributed by atoms with Crippen LogP contribution >= 0.6 is 0 Å². The molecule has 1 aromatic heterocycles. The highest BCUT2D eigenvalue weighted by Crippen LogP contribution is 1.89. The molecule has 1 heterocycles. The maximum atomic E-state index is 11.2. The van der Waals surface area contributed by atoms with Gasteiger partial charge >= 0.3 is 5.97 Å². The largest absolute Gasteiger partial charge is 0.481 e. The van der Waals surface area contributed by atoms with Crippen LogP contribution in [0.3, 0.4) is 0 Å². The van der Waals surface area contributed by atoms with Gasteiger partial charge in [-0.3, -0.25) is 9.59 Å². The maximum Gasteiger partial charge on any atom is 0.305 e. The second kappa shape index (κ2) is 5.00. The van der Waals surface area contributed by atoms with Gasteiger partial charge in [-0.25, -0.2) is 0 Å². The Hall–Kier alpha value is -2.03. The fourth-order valence-electron chi connectivity index (χ4n) is 0.835. The number of nitrogens with two attached hydrogens (primary N) is 1. The molecule has 82 valence electrons. The standard InChI is InChI=1S/C6H10N6O3/c7-3(1-5(13)14)6(15)8-2-4-9-11-12-10-4/h3H,1-2,7H2,(H,8,15)(H,13,14)(H,9,10,11,12). The lowest BCUT2D eigenvalue weighted by molar-refractivity contribution is -0.139. The van der Waals surface area contributed by atoms with Crippen molar-refractivity contribution < 1.29 is 14.7 Å². The van der Waals surface area contributed by atoms with E-state index in [1.165, 1.54) is 0 Å². The number of rotatable bonds is 5. The summed E-state index contributed by atoms with van der Waals surface area (Å²) in [7, 11) is 0. The first-order valence-corrected chi connectivity index (χ1v) is 4.07. The second-order valence-electron chi connectivity index (χ2n) is 2.75. The molecule has 0 aromatic carbocycles. The molecule has 1 aromatic rings. The Bertz CT molecular complexity index is 337. The topological polar surface area (TPSA) is 147 Å². The Morgan fingerprint density at radius 2 is 2.33 bits per heavy atom. The van der Waals surface area contributed by atoms with Gasteiger partial charge in [0.25, 0.3) is 0 Å². The van der Waals surface area contributed by atoms with E-state index >= 15 is 0 Å². The fraction of sp³-hybridized carbons (Fsp3) is 0.500. The molecule has 0 radical (unpaired) electrons. The van der Waals surface area contributed by atoms with Crippen molar-refractivity contribution in [3.63, 3.8) is 0 Å². The second-order valence-corrected chi connectivity index (χ2v) is 2.75. The van der Waals surface area contributed by atoms with E-state index in [1.54, 1.807) is 0 Å². The Morgan fingerprint density at radius 3 is 2.87 bits per heavy atom. The molecule has 9 heteroatoms. The molecule has 1 rings (SSSR count). The molecule has 0 bridgehead atoms. The van der Waals surface area contributed by atoms with Crippen LogP contribution < -0.4 is 11.1 Å². The van der Waals surface area contributed by atoms with Gasteiger partial charge in [-0.05, 0) is 0 Å². The smallest absolute Gasteiger partial charge is 0.305 e. The minimum absolute atomic E-state index is 0.0582. The van der Waals surface area contributed by atoms with Gasteiger partial charge in [0.2, 0.25) is 5.91 Å². The zero-order chi connectivity index (χ0) is 11.3. The van der Waals surface area contributed by atoms with Crippen molar-refractivity contribution in [1.82, 2.24) is 25.9 Å². The molecule has 0 aliphatic heterocycles. The van der Waals surface area contributed by atoms with E-state index < -0.39 is 24.3 Å². The van der Waals surface area contributed by atoms with Crippen LogP contribution in [0.2, 0.25) is 0 Å². The van der Waals surface area contributed by atoms with Gasteiger partial charge in [0.05, 0.1) is 19.0 Å². The summed E-state index contributed by atoms with van der Waals surface area (Å²) in [5.41, 5.74) is 5.30. The zero-order valence-corrected chi connectivity index (χ0v) is 7.67. The fourth-order valence-corrected chi connectivity index (χ4v) is 0.835. The number of hydrogen-bond donors (Lipinski definition) is 4. The number of aromatic nitrogens is 4. The molecular formula is C6H10N6O3. The van der Waals surface area contributed by atoms with Gasteiger partial charge in [0.1, 0.15) is 0 Å². The highest BCUT2D eigenvalue weighted by Gasteiger charge is 2.16. The SMILES string of the molecule is NC(CC(=O)O)C(=O)NCc1nn[nH]n1. The number of carboxylic acids is 1. The van der Waals surface area contributed by atoms with E-state index in [-0.39, 0.29) is 6.54 Å². The summed E-state index contributed by atoms with van der Waals surface area (Å²) in [4.78, 5) is 21.4. The molecule has 9 nitrogen and oxygen atoms in total. The summed E-state index contributed by atoms with van der Waals surface area (Å²) >= 11 is 0. The Morgan fingerprint density at radius 1 is 1.60 bits per heavy atom. The first-order chi connectivity index (χ1) is 7.09. The van der Waals surface area contributed by atoms with Crippen LogP contribution in [0.1, 0.15) is 12.2 Å². The Balaban J connectivity index is 2.32. The van der Waals surface area contributed by atoms with Gasteiger partial charge < -0.3 is 16.2 Å². The molecule has 0 fully saturated rings. The summed E-state index contributed by atoms with van der Waals surface area (Å²) in [5.74, 6) is -1.40. The van der Waals surface area contributed by atoms with E-state index in [4.69, 9.17) is 10.8 Å². The third-order valence-corrected chi connectivity index (χ3v) is 1.54. The van der Waals surface area contributed by atoms with E-state index in [0.29, 0.717) is 5.82 Å². The highest BCUT2D eigenvalue weighted by atomic mass is 16.4. The number of carbonyl (C=O) groups is 2. The summed E-state index contributed by atoms with van der Waals surface area (Å²) in [6, 6.07) is -1.07. The molecule has 1 atom stereocenters. The number of carboxylic acid groups (broad SMARTS) is 1. The number of carbonyl (C=O) groups excluding carboxylic acids is 1. The first-order valence-electron chi connectivity index (χ1n) is 4.07. The van der Waals surface area contributed by atoms with Crippen molar-refractivity contribution in [2.45, 2.75) is 19.0 Å². The zero-order valence-electron chi connectivity index (χ0n) is 7.67. The number of nitrogens with one attached hydrogen (secondary N) is 2. The number of aliphatic carboxylic acids is 1. The van der Waals surface area contributed by atoms with Crippen molar-refractivity contribution in [3.8, 4) is 0 Å². The lowest BCUT2D eigenvalue weighted by Crippen LogP contribution is -2.41. The van der Waals surface area contributed by atoms with E-state index in [0.717, 1.165) is 0 Å². The minimum atomic E-state index is -1.13. The molecule has 1 amide bonds. The third kappa shape index (κ3) is 3.68. The van der Waals surface area contributed by atoms with Gasteiger partial charge in [-0.15, -0.1) is 10.2 Å². The molecule has 0 saturated carbocycles. The predicted molar refractivity (Wildman–Crippen MR) is 46.3 cm³/mol. The van der Waals surface area contributed by atoms with E-state index in [2.05, 4.69) is 25.9 Å². The van der Waals surface area contributed by atoms with Crippen LogP contribution in [0, 0.1) is 0 Å². The third-order valence-electron chi connectivity index (χ3n) is 1.54. The van der Waals surface area contributed by atoms with Gasteiger partial charge in [-0.1, -0.05) is 5.21 Å². The Kier molecular flexibility index (Phi) is 3.68. The maximum absolute atomic E-state index is 11.2. The van der Waals surface area contributed by atoms with E-state index in [1.807, 2.05) is 0 Å². The number of tetrazole rings is 1. The van der Waals surface area contributed by atoms with Crippen LogP contribution in [0.5, 0.6) is 0 Å². The average molecular weight is 214 g/mol. The number of amides is 1. The van der Waals surface area contributed by atoms with Crippen LogP contribution in [-0.4, -0.2) is 43.6 Å². The summed E-state index contributed by atoms with van der Waals surface area (Å²) < 4.78 is 0. The van der Waals surface area contributed by atoms with Crippen molar-refractivity contribution in [1.29, 1.82) is 0 Å². The van der Waals surface area contributed by atoms with Crippen LogP contribution in [0.25, 0.3) is 0 Å². The van der Waals surface area contributed by atoms with Gasteiger partial charge in [0.15, 0.2) is 5.82 Å². The lowest BCUT2D eigenvalue weighted by atomic mass is 10.2. The molecule has 5 N–H and O–H groups in total. The molecule has 0 aliphatic rings. The number of hydrogen-bond acceptors (Lipinski definition) is 6. The van der Waals surface area contributed by atoms with Crippen molar-refractivity contribution in [3.05, 3.63) is 5.82 Å². The predicted octanol–water partition coefficient (Wildman–Crippen LogP) is -2.38. The van der Waals surface area contributed by atoms with Crippen molar-refractivity contribution in [2.75, 3.05) is 0 Å². The van der Waals surface area contributed by atoms with Crippen LogP contribution in [-0.2, 0) is 16.1 Å². The molecule has 0 saturated heterocycles. The summed E-state index contributed by atoms with van der Waals surface area (Å²) in [6.45, 7) is 0.0582. The van der Waals surface area contributed by atoms with Crippen molar-refractivity contribution in [2.24, 2.45) is 5.73 Å². The average Bonchev–Trinajstić information content (AvgIpc) is 2.65. The minimum Gasteiger partial charge on any atom is -0.481 e. The summed E-state index contributed by atoms with van der Waals surface area (Å²) in [6.07, 6.45) is -0.419.